The number of Topliss-reactive ketones (excluding diaryl/α,β-unsaturated/α-hetero) is 1. The Balaban J connectivity index is 2.10. The van der Waals surface area contributed by atoms with Crippen LogP contribution in [0.5, 0.6) is 11.5 Å². The van der Waals surface area contributed by atoms with Crippen molar-refractivity contribution in [2.75, 3.05) is 33.0 Å². The third-order valence-corrected chi connectivity index (χ3v) is 5.18. The maximum atomic E-state index is 13.0. The molecule has 0 saturated carbocycles. The number of hydrogen-bond donors (Lipinski definition) is 3. The first-order chi connectivity index (χ1) is 15.4. The highest BCUT2D eigenvalue weighted by atomic mass is 16.5. The zero-order valence-corrected chi connectivity index (χ0v) is 18.1. The lowest BCUT2D eigenvalue weighted by Crippen LogP contribution is -2.33. The van der Waals surface area contributed by atoms with E-state index < -0.39 is 17.7 Å². The fourth-order valence-corrected chi connectivity index (χ4v) is 3.63. The monoisotopic (exact) mass is 441 g/mol. The number of carbonyl (C=O) groups excluding carboxylic acids is 2. The molecule has 1 atom stereocenters. The van der Waals surface area contributed by atoms with Crippen LogP contribution in [-0.4, -0.2) is 64.9 Å². The molecule has 8 heteroatoms. The van der Waals surface area contributed by atoms with E-state index in [1.54, 1.807) is 43.3 Å². The molecule has 1 aliphatic heterocycles. The van der Waals surface area contributed by atoms with Gasteiger partial charge in [0.05, 0.1) is 38.0 Å². The number of hydrogen-bond acceptors (Lipinski definition) is 7. The molecule has 1 saturated heterocycles. The average molecular weight is 441 g/mol. The van der Waals surface area contributed by atoms with Crippen molar-refractivity contribution in [1.29, 1.82) is 0 Å². The summed E-state index contributed by atoms with van der Waals surface area (Å²) in [4.78, 5) is 27.2. The van der Waals surface area contributed by atoms with Crippen LogP contribution in [0.15, 0.2) is 48.0 Å². The molecule has 0 bridgehead atoms. The summed E-state index contributed by atoms with van der Waals surface area (Å²) in [5.41, 5.74) is 1.86. The molecule has 0 aromatic heterocycles. The van der Waals surface area contributed by atoms with Crippen LogP contribution in [0.1, 0.15) is 29.7 Å². The fraction of sp³-hybridized carbons (Fsp3) is 0.333. The lowest BCUT2D eigenvalue weighted by Gasteiger charge is -2.25. The van der Waals surface area contributed by atoms with E-state index in [0.717, 1.165) is 5.56 Å². The molecule has 1 unspecified atom stereocenters. The Bertz CT molecular complexity index is 1010. The zero-order valence-electron chi connectivity index (χ0n) is 18.1. The third-order valence-electron chi connectivity index (χ3n) is 5.18. The first-order valence-electron chi connectivity index (χ1n) is 10.4. The van der Waals surface area contributed by atoms with Gasteiger partial charge in [-0.2, -0.15) is 0 Å². The molecule has 3 N–H and O–H groups in total. The summed E-state index contributed by atoms with van der Waals surface area (Å²) < 4.78 is 10.8. The zero-order chi connectivity index (χ0) is 23.3. The van der Waals surface area contributed by atoms with Crippen LogP contribution >= 0.6 is 0 Å². The molecular weight excluding hydrogens is 414 g/mol. The number of aryl methyl sites for hydroxylation is 1. The number of phenols is 1. The minimum atomic E-state index is -0.895. The molecule has 1 amide bonds. The van der Waals surface area contributed by atoms with Crippen molar-refractivity contribution in [3.8, 4) is 11.5 Å². The Morgan fingerprint density at radius 3 is 2.47 bits per heavy atom. The van der Waals surface area contributed by atoms with Crippen molar-refractivity contribution >= 4 is 17.4 Å². The molecule has 1 fully saturated rings. The van der Waals surface area contributed by atoms with E-state index >= 15 is 0 Å². The molecule has 0 aliphatic carbocycles. The summed E-state index contributed by atoms with van der Waals surface area (Å²) in [6.07, 6.45) is 0. The Kier molecular flexibility index (Phi) is 7.50. The first kappa shape index (κ1) is 23.3. The summed E-state index contributed by atoms with van der Waals surface area (Å²) in [5, 5.41) is 30.0. The van der Waals surface area contributed by atoms with Crippen LogP contribution in [-0.2, 0) is 14.3 Å². The summed E-state index contributed by atoms with van der Waals surface area (Å²) in [6, 6.07) is 10.6. The Hall–Kier alpha value is -3.36. The SMILES string of the molecule is CCOc1cc(C2C(=C(O)c3ccc(C)cc3)C(=O)C(=O)N2CCOCCO)ccc1O. The molecule has 0 spiro atoms. The Labute approximate surface area is 186 Å². The fourth-order valence-electron chi connectivity index (χ4n) is 3.63. The van der Waals surface area contributed by atoms with E-state index in [9.17, 15) is 19.8 Å². The van der Waals surface area contributed by atoms with Gasteiger partial charge in [-0.3, -0.25) is 9.59 Å². The quantitative estimate of drug-likeness (QED) is 0.237. The van der Waals surface area contributed by atoms with E-state index in [4.69, 9.17) is 14.6 Å². The van der Waals surface area contributed by atoms with Gasteiger partial charge in [-0.15, -0.1) is 0 Å². The molecule has 2 aromatic carbocycles. The maximum Gasteiger partial charge on any atom is 0.295 e. The smallest absolute Gasteiger partial charge is 0.295 e. The Morgan fingerprint density at radius 1 is 1.09 bits per heavy atom. The van der Waals surface area contributed by atoms with Gasteiger partial charge in [-0.1, -0.05) is 35.9 Å². The Morgan fingerprint density at radius 2 is 1.81 bits per heavy atom. The van der Waals surface area contributed by atoms with E-state index in [-0.39, 0.29) is 49.2 Å². The summed E-state index contributed by atoms with van der Waals surface area (Å²) in [5.74, 6) is -1.71. The minimum absolute atomic E-state index is 0.0471. The largest absolute Gasteiger partial charge is 0.507 e. The number of carbonyl (C=O) groups is 2. The predicted octanol–water partition coefficient (Wildman–Crippen LogP) is 2.53. The summed E-state index contributed by atoms with van der Waals surface area (Å²) >= 11 is 0. The van der Waals surface area contributed by atoms with Gasteiger partial charge in [0.25, 0.3) is 11.7 Å². The van der Waals surface area contributed by atoms with Crippen LogP contribution in [0.4, 0.5) is 0 Å². The topological polar surface area (TPSA) is 117 Å². The van der Waals surface area contributed by atoms with Crippen molar-refractivity contribution < 1.29 is 34.4 Å². The van der Waals surface area contributed by atoms with Crippen LogP contribution < -0.4 is 4.74 Å². The minimum Gasteiger partial charge on any atom is -0.507 e. The lowest BCUT2D eigenvalue weighted by molar-refractivity contribution is -0.140. The second kappa shape index (κ2) is 10.3. The lowest BCUT2D eigenvalue weighted by atomic mass is 9.94. The summed E-state index contributed by atoms with van der Waals surface area (Å²) in [6.45, 7) is 4.11. The van der Waals surface area contributed by atoms with Crippen LogP contribution in [0, 0.1) is 6.92 Å². The standard InChI is InChI=1S/C24H27NO7/c1-3-32-19-14-17(8-9-18(19)27)21-20(22(28)16-6-4-15(2)5-7-16)23(29)24(30)25(21)10-12-31-13-11-26/h4-9,14,21,26-28H,3,10-13H2,1-2H3. The number of benzene rings is 2. The number of aliphatic hydroxyl groups excluding tert-OH is 2. The van der Waals surface area contributed by atoms with Gasteiger partial charge in [0.2, 0.25) is 0 Å². The van der Waals surface area contributed by atoms with E-state index in [1.807, 2.05) is 6.92 Å². The van der Waals surface area contributed by atoms with Gasteiger partial charge in [-0.05, 0) is 31.5 Å². The normalized spacial score (nSPS) is 17.7. The van der Waals surface area contributed by atoms with E-state index in [2.05, 4.69) is 0 Å². The summed E-state index contributed by atoms with van der Waals surface area (Å²) in [7, 11) is 0. The van der Waals surface area contributed by atoms with Gasteiger partial charge < -0.3 is 29.7 Å². The van der Waals surface area contributed by atoms with Crippen LogP contribution in [0.2, 0.25) is 0 Å². The van der Waals surface area contributed by atoms with Crippen LogP contribution in [0.25, 0.3) is 5.76 Å². The number of ether oxygens (including phenoxy) is 2. The average Bonchev–Trinajstić information content (AvgIpc) is 3.03. The van der Waals surface area contributed by atoms with Gasteiger partial charge >= 0.3 is 0 Å². The molecule has 2 aromatic rings. The van der Waals surface area contributed by atoms with Gasteiger partial charge in [0.1, 0.15) is 5.76 Å². The molecule has 170 valence electrons. The molecule has 0 radical (unpaired) electrons. The number of ketones is 1. The molecule has 1 aliphatic rings. The molecular formula is C24H27NO7. The molecule has 32 heavy (non-hydrogen) atoms. The number of aliphatic hydroxyl groups is 2. The van der Waals surface area contributed by atoms with Gasteiger partial charge in [0, 0.05) is 12.1 Å². The van der Waals surface area contributed by atoms with E-state index in [1.165, 1.54) is 11.0 Å². The van der Waals surface area contributed by atoms with Crippen molar-refractivity contribution in [3.05, 3.63) is 64.7 Å². The highest BCUT2D eigenvalue weighted by Crippen LogP contribution is 2.41. The number of nitrogens with zero attached hydrogens (tertiary/aromatic N) is 1. The number of rotatable bonds is 9. The predicted molar refractivity (Wildman–Crippen MR) is 117 cm³/mol. The van der Waals surface area contributed by atoms with Gasteiger partial charge in [0.15, 0.2) is 11.5 Å². The second-order valence-electron chi connectivity index (χ2n) is 7.35. The highest BCUT2D eigenvalue weighted by molar-refractivity contribution is 6.46. The van der Waals surface area contributed by atoms with E-state index in [0.29, 0.717) is 17.7 Å². The molecule has 8 nitrogen and oxygen atoms in total. The van der Waals surface area contributed by atoms with Crippen molar-refractivity contribution in [3.63, 3.8) is 0 Å². The maximum absolute atomic E-state index is 13.0. The first-order valence-corrected chi connectivity index (χ1v) is 10.4. The molecule has 3 rings (SSSR count). The third kappa shape index (κ3) is 4.76. The van der Waals surface area contributed by atoms with Crippen molar-refractivity contribution in [2.45, 2.75) is 19.9 Å². The number of phenolic OH excluding ortho intramolecular Hbond substituents is 1. The number of amides is 1. The number of likely N-dealkylation sites (tertiary alicyclic amines) is 1. The second-order valence-corrected chi connectivity index (χ2v) is 7.35. The molecule has 1 heterocycles. The highest BCUT2D eigenvalue weighted by Gasteiger charge is 2.46. The number of aromatic hydroxyl groups is 1. The van der Waals surface area contributed by atoms with Crippen molar-refractivity contribution in [2.24, 2.45) is 0 Å². The van der Waals surface area contributed by atoms with Gasteiger partial charge in [-0.25, -0.2) is 0 Å². The van der Waals surface area contributed by atoms with Crippen molar-refractivity contribution in [1.82, 2.24) is 4.90 Å². The van der Waals surface area contributed by atoms with Crippen LogP contribution in [0.3, 0.4) is 0 Å².